The largest absolute Gasteiger partial charge is 0.299 e. The summed E-state index contributed by atoms with van der Waals surface area (Å²) in [4.78, 5) is 16.1. The van der Waals surface area contributed by atoms with Crippen molar-refractivity contribution in [3.05, 3.63) is 52.7 Å². The Bertz CT molecular complexity index is 783. The van der Waals surface area contributed by atoms with Crippen molar-refractivity contribution < 1.29 is 0 Å². The number of aromatic nitrogens is 5. The number of benzene rings is 1. The Hall–Kier alpha value is -3.03. The third kappa shape index (κ3) is 2.14. The Morgan fingerprint density at radius 2 is 2.00 bits per heavy atom. The van der Waals surface area contributed by atoms with Crippen LogP contribution in [0.4, 0.5) is 11.6 Å². The van der Waals surface area contributed by atoms with Crippen LogP contribution < -0.4 is 5.56 Å². The smallest absolute Gasteiger partial charge is 0.293 e. The van der Waals surface area contributed by atoms with Gasteiger partial charge in [0.15, 0.2) is 5.69 Å². The molecule has 0 bridgehead atoms. The molecule has 100 valence electrons. The fourth-order valence-electron chi connectivity index (χ4n) is 1.76. The first-order chi connectivity index (χ1) is 9.75. The van der Waals surface area contributed by atoms with Crippen molar-refractivity contribution in [3.63, 3.8) is 0 Å². The van der Waals surface area contributed by atoms with Gasteiger partial charge in [0.1, 0.15) is 6.33 Å². The minimum absolute atomic E-state index is 0.241. The summed E-state index contributed by atoms with van der Waals surface area (Å²) in [5, 5.41) is 16.9. The molecule has 0 saturated heterocycles. The quantitative estimate of drug-likeness (QED) is 0.710. The Kier molecular flexibility index (Phi) is 2.96. The van der Waals surface area contributed by atoms with Crippen LogP contribution in [0.25, 0.3) is 5.69 Å². The van der Waals surface area contributed by atoms with Crippen molar-refractivity contribution in [2.75, 3.05) is 0 Å². The van der Waals surface area contributed by atoms with Crippen molar-refractivity contribution in [2.24, 2.45) is 10.2 Å². The van der Waals surface area contributed by atoms with Gasteiger partial charge in [-0.05, 0) is 19.1 Å². The number of nitrogens with one attached hydrogen (secondary N) is 2. The van der Waals surface area contributed by atoms with Gasteiger partial charge in [-0.3, -0.25) is 9.89 Å². The van der Waals surface area contributed by atoms with E-state index < -0.39 is 0 Å². The molecule has 0 fully saturated rings. The predicted molar refractivity (Wildman–Crippen MR) is 71.7 cm³/mol. The minimum Gasteiger partial charge on any atom is -0.293 e. The van der Waals surface area contributed by atoms with Crippen molar-refractivity contribution in [2.45, 2.75) is 6.92 Å². The molecule has 0 atom stereocenters. The number of hydrogen-bond donors (Lipinski definition) is 2. The van der Waals surface area contributed by atoms with Gasteiger partial charge >= 0.3 is 0 Å². The molecule has 1 aromatic carbocycles. The van der Waals surface area contributed by atoms with E-state index in [0.29, 0.717) is 5.69 Å². The Morgan fingerprint density at radius 1 is 1.20 bits per heavy atom. The van der Waals surface area contributed by atoms with E-state index in [2.05, 4.69) is 30.5 Å². The fourth-order valence-corrected chi connectivity index (χ4v) is 1.76. The molecule has 0 radical (unpaired) electrons. The van der Waals surface area contributed by atoms with Gasteiger partial charge in [0.05, 0.1) is 11.4 Å². The van der Waals surface area contributed by atoms with Crippen molar-refractivity contribution in [1.82, 2.24) is 25.0 Å². The average molecular weight is 269 g/mol. The summed E-state index contributed by atoms with van der Waals surface area (Å²) < 4.78 is 1.42. The molecule has 20 heavy (non-hydrogen) atoms. The van der Waals surface area contributed by atoms with Gasteiger partial charge in [0.2, 0.25) is 0 Å². The topological polar surface area (TPSA) is 104 Å². The first-order valence-corrected chi connectivity index (χ1v) is 5.90. The summed E-state index contributed by atoms with van der Waals surface area (Å²) in [5.41, 5.74) is 1.34. The maximum atomic E-state index is 12.3. The molecule has 0 aliphatic heterocycles. The van der Waals surface area contributed by atoms with E-state index in [4.69, 9.17) is 0 Å². The molecule has 0 spiro atoms. The maximum Gasteiger partial charge on any atom is 0.299 e. The second kappa shape index (κ2) is 4.92. The lowest BCUT2D eigenvalue weighted by atomic mass is 10.3. The van der Waals surface area contributed by atoms with Crippen LogP contribution in [0.1, 0.15) is 5.69 Å². The van der Waals surface area contributed by atoms with Gasteiger partial charge in [0, 0.05) is 0 Å². The first-order valence-electron chi connectivity index (χ1n) is 5.90. The lowest BCUT2D eigenvalue weighted by Gasteiger charge is -1.99. The van der Waals surface area contributed by atoms with E-state index in [1.165, 1.54) is 11.0 Å². The second-order valence-corrected chi connectivity index (χ2v) is 4.07. The molecule has 2 heterocycles. The zero-order valence-corrected chi connectivity index (χ0v) is 10.6. The summed E-state index contributed by atoms with van der Waals surface area (Å²) in [5.74, 6) is 0.247. The van der Waals surface area contributed by atoms with Gasteiger partial charge in [-0.2, -0.15) is 10.1 Å². The van der Waals surface area contributed by atoms with E-state index in [1.54, 1.807) is 6.92 Å². The minimum atomic E-state index is -0.267. The SMILES string of the molecule is Cc1[nH]n(-c2ccccc2)c(=O)c1N=Nc1ncn[nH]1. The number of azo groups is 1. The maximum absolute atomic E-state index is 12.3. The number of H-pyrrole nitrogens is 2. The third-order valence-corrected chi connectivity index (χ3v) is 2.70. The molecule has 0 saturated carbocycles. The Balaban J connectivity index is 2.02. The lowest BCUT2D eigenvalue weighted by Crippen LogP contribution is -2.13. The van der Waals surface area contributed by atoms with Crippen molar-refractivity contribution in [3.8, 4) is 5.69 Å². The molecule has 8 heteroatoms. The molecule has 0 aliphatic rings. The molecule has 3 aromatic rings. The summed E-state index contributed by atoms with van der Waals surface area (Å²) in [6, 6.07) is 9.25. The molecule has 0 amide bonds. The number of para-hydroxylation sites is 1. The van der Waals surface area contributed by atoms with Gasteiger partial charge in [-0.25, -0.2) is 9.78 Å². The van der Waals surface area contributed by atoms with Crippen molar-refractivity contribution in [1.29, 1.82) is 0 Å². The number of aryl methyl sites for hydroxylation is 1. The molecular formula is C12H11N7O. The molecule has 2 aromatic heterocycles. The highest BCUT2D eigenvalue weighted by molar-refractivity contribution is 5.43. The van der Waals surface area contributed by atoms with Crippen LogP contribution in [-0.2, 0) is 0 Å². The zero-order chi connectivity index (χ0) is 13.9. The summed E-state index contributed by atoms with van der Waals surface area (Å²) in [7, 11) is 0. The average Bonchev–Trinajstić information content (AvgIpc) is 3.07. The second-order valence-electron chi connectivity index (χ2n) is 4.07. The number of nitrogens with zero attached hydrogens (tertiary/aromatic N) is 5. The van der Waals surface area contributed by atoms with E-state index in [1.807, 2.05) is 30.3 Å². The van der Waals surface area contributed by atoms with Crippen LogP contribution in [0, 0.1) is 6.92 Å². The van der Waals surface area contributed by atoms with E-state index >= 15 is 0 Å². The predicted octanol–water partition coefficient (Wildman–Crippen LogP) is 2.01. The van der Waals surface area contributed by atoms with Crippen molar-refractivity contribution >= 4 is 11.6 Å². The highest BCUT2D eigenvalue weighted by Crippen LogP contribution is 2.15. The Morgan fingerprint density at radius 3 is 2.70 bits per heavy atom. The highest BCUT2D eigenvalue weighted by atomic mass is 16.1. The van der Waals surface area contributed by atoms with Crippen LogP contribution >= 0.6 is 0 Å². The molecule has 0 unspecified atom stereocenters. The van der Waals surface area contributed by atoms with E-state index in [-0.39, 0.29) is 17.2 Å². The van der Waals surface area contributed by atoms with Gasteiger partial charge < -0.3 is 0 Å². The summed E-state index contributed by atoms with van der Waals surface area (Å²) >= 11 is 0. The monoisotopic (exact) mass is 269 g/mol. The van der Waals surface area contributed by atoms with Crippen LogP contribution in [0.3, 0.4) is 0 Å². The van der Waals surface area contributed by atoms with Crippen LogP contribution in [0.5, 0.6) is 0 Å². The molecule has 3 rings (SSSR count). The normalized spacial score (nSPS) is 11.2. The summed E-state index contributed by atoms with van der Waals surface area (Å²) in [6.07, 6.45) is 1.32. The molecule has 2 N–H and O–H groups in total. The Labute approximate surface area is 113 Å². The van der Waals surface area contributed by atoms with Gasteiger partial charge in [-0.15, -0.1) is 10.2 Å². The molecular weight excluding hydrogens is 258 g/mol. The van der Waals surface area contributed by atoms with E-state index in [0.717, 1.165) is 5.69 Å². The third-order valence-electron chi connectivity index (χ3n) is 2.70. The number of hydrogen-bond acceptors (Lipinski definition) is 5. The number of aromatic amines is 2. The first kappa shape index (κ1) is 12.0. The lowest BCUT2D eigenvalue weighted by molar-refractivity contribution is 0.835. The van der Waals surface area contributed by atoms with Crippen LogP contribution in [-0.4, -0.2) is 25.0 Å². The fraction of sp³-hybridized carbons (Fsp3) is 0.0833. The van der Waals surface area contributed by atoms with Crippen LogP contribution in [0.2, 0.25) is 0 Å². The zero-order valence-electron chi connectivity index (χ0n) is 10.6. The number of rotatable bonds is 3. The van der Waals surface area contributed by atoms with Gasteiger partial charge in [0.25, 0.3) is 11.5 Å². The standard InChI is InChI=1S/C12H11N7O/c1-8-10(15-17-12-13-7-14-16-12)11(20)19(18-8)9-5-3-2-4-6-9/h2-7,18H,1H3,(H,13,14,16). The van der Waals surface area contributed by atoms with Crippen LogP contribution in [0.15, 0.2) is 51.7 Å². The highest BCUT2D eigenvalue weighted by Gasteiger charge is 2.11. The summed E-state index contributed by atoms with van der Waals surface area (Å²) in [6.45, 7) is 1.76. The van der Waals surface area contributed by atoms with Gasteiger partial charge in [-0.1, -0.05) is 18.2 Å². The molecule has 8 nitrogen and oxygen atoms in total. The molecule has 0 aliphatic carbocycles. The van der Waals surface area contributed by atoms with E-state index in [9.17, 15) is 4.79 Å².